The molecule has 2 heterocycles. The Hall–Kier alpha value is -2.16. The number of carbonyl (C=O) groups excluding carboxylic acids is 1. The van der Waals surface area contributed by atoms with Crippen molar-refractivity contribution in [1.29, 1.82) is 0 Å². The van der Waals surface area contributed by atoms with E-state index in [0.29, 0.717) is 0 Å². The number of hydrogen-bond acceptors (Lipinski definition) is 4. The molecule has 0 bridgehead atoms. The lowest BCUT2D eigenvalue weighted by molar-refractivity contribution is -0.141. The van der Waals surface area contributed by atoms with Crippen molar-refractivity contribution in [2.75, 3.05) is 5.32 Å². The molecule has 0 aromatic carbocycles. The van der Waals surface area contributed by atoms with Crippen LogP contribution in [-0.2, 0) is 16.5 Å². The lowest BCUT2D eigenvalue weighted by Gasteiger charge is -2.24. The Morgan fingerprint density at radius 2 is 1.76 bits per heavy atom. The van der Waals surface area contributed by atoms with Crippen LogP contribution in [-0.4, -0.2) is 31.1 Å². The fourth-order valence-electron chi connectivity index (χ4n) is 2.40. The Kier molecular flexibility index (Phi) is 4.58. The number of aromatic nitrogens is 3. The molecule has 0 aliphatic heterocycles. The molecule has 2 rings (SSSR count). The van der Waals surface area contributed by atoms with Crippen LogP contribution in [0.25, 0.3) is 11.2 Å². The minimum atomic E-state index is -4.58. The minimum Gasteiger partial charge on any atom is -0.390 e. The van der Waals surface area contributed by atoms with Crippen LogP contribution in [0.2, 0.25) is 0 Å². The average Bonchev–Trinajstić information content (AvgIpc) is 2.71. The van der Waals surface area contributed by atoms with Gasteiger partial charge in [-0.15, -0.1) is 0 Å². The maximum absolute atomic E-state index is 13.0. The van der Waals surface area contributed by atoms with Gasteiger partial charge in [-0.05, 0) is 46.8 Å². The number of fused-ring (bicyclic) bond motifs is 1. The number of amides is 1. The van der Waals surface area contributed by atoms with Crippen molar-refractivity contribution in [1.82, 2.24) is 14.5 Å². The number of halogens is 3. The van der Waals surface area contributed by atoms with Gasteiger partial charge in [-0.1, -0.05) is 0 Å². The Bertz CT molecular complexity index is 799. The van der Waals surface area contributed by atoms with Gasteiger partial charge in [0.05, 0.1) is 12.0 Å². The van der Waals surface area contributed by atoms with E-state index >= 15 is 0 Å². The molecule has 25 heavy (non-hydrogen) atoms. The maximum atomic E-state index is 13.0. The predicted octanol–water partition coefficient (Wildman–Crippen LogP) is 3.30. The summed E-state index contributed by atoms with van der Waals surface area (Å²) < 4.78 is 40.3. The predicted molar refractivity (Wildman–Crippen MR) is 87.1 cm³/mol. The second-order valence-electron chi connectivity index (χ2n) is 7.52. The molecule has 0 fully saturated rings. The van der Waals surface area contributed by atoms with Crippen LogP contribution in [0.1, 0.15) is 46.7 Å². The first-order valence-electron chi connectivity index (χ1n) is 7.68. The van der Waals surface area contributed by atoms with E-state index in [9.17, 15) is 23.1 Å². The number of aliphatic hydroxyl groups is 1. The average molecular weight is 358 g/mol. The third-order valence-corrected chi connectivity index (χ3v) is 3.31. The smallest absolute Gasteiger partial charge is 0.390 e. The third-order valence-electron chi connectivity index (χ3n) is 3.31. The van der Waals surface area contributed by atoms with Gasteiger partial charge in [0.15, 0.2) is 5.65 Å². The number of imidazole rings is 1. The molecule has 0 spiro atoms. The fourth-order valence-corrected chi connectivity index (χ4v) is 2.40. The normalized spacial score (nSPS) is 13.3. The zero-order valence-corrected chi connectivity index (χ0v) is 14.7. The molecule has 0 saturated carbocycles. The quantitative estimate of drug-likeness (QED) is 0.882. The highest BCUT2D eigenvalue weighted by molar-refractivity contribution is 5.91. The topological polar surface area (TPSA) is 80.0 Å². The third kappa shape index (κ3) is 4.47. The van der Waals surface area contributed by atoms with Gasteiger partial charge in [0.2, 0.25) is 11.9 Å². The SMILES string of the molecule is CC(C)(O)CC(=O)Nc1nc2ccc(C(F)(F)F)nc2n1C(C)(C)C. The van der Waals surface area contributed by atoms with E-state index in [0.717, 1.165) is 6.07 Å². The Morgan fingerprint density at radius 1 is 1.16 bits per heavy atom. The lowest BCUT2D eigenvalue weighted by atomic mass is 10.1. The van der Waals surface area contributed by atoms with Crippen LogP contribution >= 0.6 is 0 Å². The van der Waals surface area contributed by atoms with Crippen LogP contribution < -0.4 is 5.32 Å². The lowest BCUT2D eigenvalue weighted by Crippen LogP contribution is -2.30. The molecule has 2 aromatic rings. The van der Waals surface area contributed by atoms with E-state index in [1.807, 2.05) is 0 Å². The highest BCUT2D eigenvalue weighted by Gasteiger charge is 2.34. The summed E-state index contributed by atoms with van der Waals surface area (Å²) in [6.45, 7) is 8.26. The number of rotatable bonds is 3. The zero-order chi connectivity index (χ0) is 19.2. The molecule has 6 nitrogen and oxygen atoms in total. The highest BCUT2D eigenvalue weighted by atomic mass is 19.4. The van der Waals surface area contributed by atoms with E-state index < -0.39 is 28.9 Å². The summed E-state index contributed by atoms with van der Waals surface area (Å²) in [6, 6.07) is 2.07. The summed E-state index contributed by atoms with van der Waals surface area (Å²) in [7, 11) is 0. The first-order valence-corrected chi connectivity index (χ1v) is 7.68. The molecule has 2 N–H and O–H groups in total. The zero-order valence-electron chi connectivity index (χ0n) is 14.7. The monoisotopic (exact) mass is 358 g/mol. The summed E-state index contributed by atoms with van der Waals surface area (Å²) >= 11 is 0. The van der Waals surface area contributed by atoms with Gasteiger partial charge in [0.1, 0.15) is 11.2 Å². The van der Waals surface area contributed by atoms with E-state index in [1.54, 1.807) is 20.8 Å². The highest BCUT2D eigenvalue weighted by Crippen LogP contribution is 2.32. The maximum Gasteiger partial charge on any atom is 0.433 e. The van der Waals surface area contributed by atoms with Crippen LogP contribution in [0.5, 0.6) is 0 Å². The second kappa shape index (κ2) is 5.98. The molecule has 0 aliphatic carbocycles. The first kappa shape index (κ1) is 19.2. The number of anilines is 1. The Labute approximate surface area is 143 Å². The van der Waals surface area contributed by atoms with Gasteiger partial charge in [0, 0.05) is 5.54 Å². The Balaban J connectivity index is 2.55. The van der Waals surface area contributed by atoms with Crippen molar-refractivity contribution in [3.8, 4) is 0 Å². The number of carbonyl (C=O) groups is 1. The Morgan fingerprint density at radius 3 is 2.24 bits per heavy atom. The van der Waals surface area contributed by atoms with Crippen LogP contribution in [0.4, 0.5) is 19.1 Å². The van der Waals surface area contributed by atoms with E-state index in [2.05, 4.69) is 15.3 Å². The van der Waals surface area contributed by atoms with Crippen LogP contribution in [0, 0.1) is 0 Å². The van der Waals surface area contributed by atoms with Crippen molar-refractivity contribution < 1.29 is 23.1 Å². The van der Waals surface area contributed by atoms with Crippen LogP contribution in [0.3, 0.4) is 0 Å². The van der Waals surface area contributed by atoms with Crippen molar-refractivity contribution in [2.24, 2.45) is 0 Å². The number of hydrogen-bond donors (Lipinski definition) is 2. The first-order chi connectivity index (χ1) is 11.2. The van der Waals surface area contributed by atoms with E-state index in [-0.39, 0.29) is 23.5 Å². The molecule has 138 valence electrons. The van der Waals surface area contributed by atoms with Gasteiger partial charge >= 0.3 is 6.18 Å². The van der Waals surface area contributed by atoms with Gasteiger partial charge in [-0.3, -0.25) is 14.7 Å². The molecule has 0 radical (unpaired) electrons. The largest absolute Gasteiger partial charge is 0.433 e. The summed E-state index contributed by atoms with van der Waals surface area (Å²) in [5.74, 6) is -0.409. The molecular weight excluding hydrogens is 337 g/mol. The molecule has 0 atom stereocenters. The van der Waals surface area contributed by atoms with Gasteiger partial charge in [-0.25, -0.2) is 9.97 Å². The number of nitrogens with zero attached hydrogens (tertiary/aromatic N) is 3. The molecule has 1 amide bonds. The van der Waals surface area contributed by atoms with Crippen molar-refractivity contribution >= 4 is 23.0 Å². The molecule has 0 unspecified atom stereocenters. The standard InChI is InChI=1S/C16H21F3N4O2/c1-14(2,3)23-12-9(6-7-10(21-12)16(17,18)19)20-13(23)22-11(24)8-15(4,5)25/h6-7,25H,8H2,1-5H3,(H,20,22,24). The fraction of sp³-hybridized carbons (Fsp3) is 0.562. The van der Waals surface area contributed by atoms with Crippen molar-refractivity contribution in [3.63, 3.8) is 0 Å². The second-order valence-corrected chi connectivity index (χ2v) is 7.52. The molecule has 0 saturated heterocycles. The van der Waals surface area contributed by atoms with Crippen molar-refractivity contribution in [3.05, 3.63) is 17.8 Å². The van der Waals surface area contributed by atoms with E-state index in [4.69, 9.17) is 0 Å². The van der Waals surface area contributed by atoms with Crippen LogP contribution in [0.15, 0.2) is 12.1 Å². The van der Waals surface area contributed by atoms with Gasteiger partial charge in [-0.2, -0.15) is 13.2 Å². The molecule has 0 aliphatic rings. The van der Waals surface area contributed by atoms with Gasteiger partial charge < -0.3 is 5.11 Å². The summed E-state index contributed by atoms with van der Waals surface area (Å²) in [4.78, 5) is 20.0. The molecule has 2 aromatic heterocycles. The minimum absolute atomic E-state index is 0.0286. The molecular formula is C16H21F3N4O2. The molecule has 9 heteroatoms. The van der Waals surface area contributed by atoms with E-state index in [1.165, 1.54) is 24.5 Å². The van der Waals surface area contributed by atoms with Crippen molar-refractivity contribution in [2.45, 2.75) is 58.4 Å². The number of nitrogens with one attached hydrogen (secondary N) is 1. The summed E-state index contributed by atoms with van der Waals surface area (Å²) in [6.07, 6.45) is -4.76. The summed E-state index contributed by atoms with van der Waals surface area (Å²) in [5.41, 5.74) is -2.66. The van der Waals surface area contributed by atoms with Gasteiger partial charge in [0.25, 0.3) is 0 Å². The number of alkyl halides is 3. The summed E-state index contributed by atoms with van der Waals surface area (Å²) in [5, 5.41) is 12.3. The number of pyridine rings is 1.